The quantitative estimate of drug-likeness (QED) is 0.676. The van der Waals surface area contributed by atoms with Gasteiger partial charge in [-0.1, -0.05) is 20.3 Å². The molecule has 1 aromatic rings. The average Bonchev–Trinajstić information content (AvgIpc) is 2.62. The van der Waals surface area contributed by atoms with Crippen molar-refractivity contribution in [3.63, 3.8) is 0 Å². The van der Waals surface area contributed by atoms with Crippen LogP contribution in [-0.4, -0.2) is 43.4 Å². The highest BCUT2D eigenvalue weighted by molar-refractivity contribution is 5.97. The number of nitrogens with zero attached hydrogens (tertiary/aromatic N) is 1. The molecule has 0 radical (unpaired) electrons. The lowest BCUT2D eigenvalue weighted by Crippen LogP contribution is -2.48. The maximum atomic E-state index is 13.0. The molecule has 2 atom stereocenters. The van der Waals surface area contributed by atoms with E-state index in [0.717, 1.165) is 37.7 Å². The lowest BCUT2D eigenvalue weighted by Gasteiger charge is -2.38. The van der Waals surface area contributed by atoms with E-state index in [1.165, 1.54) is 0 Å². The van der Waals surface area contributed by atoms with Gasteiger partial charge in [-0.2, -0.15) is 0 Å². The SMILES string of the molecule is CCCO[C@]1(C(=O)Nc2cnc(OCCOC)c(C)c2)CCC[C@H](C)C1. The molecule has 1 aliphatic rings. The maximum Gasteiger partial charge on any atom is 0.256 e. The number of pyridine rings is 1. The number of methoxy groups -OCH3 is 1. The molecule has 1 heterocycles. The van der Waals surface area contributed by atoms with E-state index < -0.39 is 5.60 Å². The van der Waals surface area contributed by atoms with Crippen LogP contribution in [0.4, 0.5) is 5.69 Å². The third-order valence-electron chi connectivity index (χ3n) is 4.77. The lowest BCUT2D eigenvalue weighted by molar-refractivity contribution is -0.148. The molecule has 0 aromatic carbocycles. The van der Waals surface area contributed by atoms with E-state index in [1.54, 1.807) is 13.3 Å². The van der Waals surface area contributed by atoms with Gasteiger partial charge in [0.15, 0.2) is 0 Å². The van der Waals surface area contributed by atoms with E-state index in [4.69, 9.17) is 14.2 Å². The van der Waals surface area contributed by atoms with Crippen LogP contribution in [-0.2, 0) is 14.3 Å². The fourth-order valence-electron chi connectivity index (χ4n) is 3.45. The minimum absolute atomic E-state index is 0.0632. The van der Waals surface area contributed by atoms with Gasteiger partial charge in [-0.25, -0.2) is 4.98 Å². The number of hydrogen-bond acceptors (Lipinski definition) is 5. The summed E-state index contributed by atoms with van der Waals surface area (Å²) in [5, 5.41) is 3.01. The molecule has 0 unspecified atom stereocenters. The Balaban J connectivity index is 2.07. The number of anilines is 1. The van der Waals surface area contributed by atoms with Gasteiger partial charge in [-0.15, -0.1) is 0 Å². The molecular formula is C20H32N2O4. The molecule has 6 heteroatoms. The van der Waals surface area contributed by atoms with Crippen LogP contribution in [0.1, 0.15) is 51.5 Å². The Labute approximate surface area is 156 Å². The van der Waals surface area contributed by atoms with Crippen molar-refractivity contribution in [1.82, 2.24) is 4.98 Å². The lowest BCUT2D eigenvalue weighted by atomic mass is 9.78. The van der Waals surface area contributed by atoms with E-state index in [2.05, 4.69) is 24.1 Å². The van der Waals surface area contributed by atoms with Crippen LogP contribution in [0.5, 0.6) is 5.88 Å². The Kier molecular flexibility index (Phi) is 7.85. The normalized spacial score (nSPS) is 22.8. The van der Waals surface area contributed by atoms with Gasteiger partial charge in [0.25, 0.3) is 5.91 Å². The second-order valence-corrected chi connectivity index (χ2v) is 7.19. The number of ether oxygens (including phenoxy) is 3. The molecule has 1 aromatic heterocycles. The maximum absolute atomic E-state index is 13.0. The van der Waals surface area contributed by atoms with E-state index >= 15 is 0 Å². The van der Waals surface area contributed by atoms with E-state index in [0.29, 0.717) is 37.3 Å². The summed E-state index contributed by atoms with van der Waals surface area (Å²) in [6.07, 6.45) is 6.24. The van der Waals surface area contributed by atoms with Gasteiger partial charge in [-0.3, -0.25) is 4.79 Å². The number of carbonyl (C=O) groups excluding carboxylic acids is 1. The number of aryl methyl sites for hydroxylation is 1. The highest BCUT2D eigenvalue weighted by Crippen LogP contribution is 2.36. The molecule has 0 spiro atoms. The molecule has 0 saturated heterocycles. The van der Waals surface area contributed by atoms with Crippen molar-refractivity contribution in [1.29, 1.82) is 0 Å². The number of nitrogens with one attached hydrogen (secondary N) is 1. The molecular weight excluding hydrogens is 332 g/mol. The smallest absolute Gasteiger partial charge is 0.256 e. The van der Waals surface area contributed by atoms with Gasteiger partial charge in [0.1, 0.15) is 12.2 Å². The summed E-state index contributed by atoms with van der Waals surface area (Å²) >= 11 is 0. The van der Waals surface area contributed by atoms with Crippen LogP contribution >= 0.6 is 0 Å². The summed E-state index contributed by atoms with van der Waals surface area (Å²) in [7, 11) is 1.63. The van der Waals surface area contributed by atoms with Crippen molar-refractivity contribution >= 4 is 11.6 Å². The predicted octanol–water partition coefficient (Wildman–Crippen LogP) is 3.73. The average molecular weight is 364 g/mol. The molecule has 0 bridgehead atoms. The van der Waals surface area contributed by atoms with Crippen molar-refractivity contribution in [3.8, 4) is 5.88 Å². The number of carbonyl (C=O) groups is 1. The Morgan fingerprint density at radius 1 is 1.38 bits per heavy atom. The number of amides is 1. The molecule has 1 saturated carbocycles. The Hall–Kier alpha value is -1.66. The molecule has 1 N–H and O–H groups in total. The zero-order valence-electron chi connectivity index (χ0n) is 16.5. The standard InChI is InChI=1S/C20H32N2O4/c1-5-9-26-20(8-6-7-15(2)13-20)19(23)22-17-12-16(3)18(21-14-17)25-11-10-24-4/h12,14-15H,5-11,13H2,1-4H3,(H,22,23)/t15-,20+/m0/s1. The Morgan fingerprint density at radius 2 is 2.19 bits per heavy atom. The molecule has 26 heavy (non-hydrogen) atoms. The van der Waals surface area contributed by atoms with Crippen LogP contribution < -0.4 is 10.1 Å². The molecule has 1 amide bonds. The first-order valence-corrected chi connectivity index (χ1v) is 9.54. The van der Waals surface area contributed by atoms with Crippen molar-refractivity contribution in [2.75, 3.05) is 32.2 Å². The number of hydrogen-bond donors (Lipinski definition) is 1. The minimum atomic E-state index is -0.727. The van der Waals surface area contributed by atoms with Gasteiger partial charge in [0, 0.05) is 19.3 Å². The van der Waals surface area contributed by atoms with Crippen LogP contribution in [0.25, 0.3) is 0 Å². The fourth-order valence-corrected chi connectivity index (χ4v) is 3.45. The molecule has 146 valence electrons. The van der Waals surface area contributed by atoms with Crippen molar-refractivity contribution in [2.24, 2.45) is 5.92 Å². The Bertz CT molecular complexity index is 593. The second kappa shape index (κ2) is 9.88. The highest BCUT2D eigenvalue weighted by atomic mass is 16.5. The number of rotatable bonds is 9. The summed E-state index contributed by atoms with van der Waals surface area (Å²) in [6, 6.07) is 1.88. The first-order valence-electron chi connectivity index (χ1n) is 9.54. The van der Waals surface area contributed by atoms with Gasteiger partial charge in [0.2, 0.25) is 5.88 Å². The minimum Gasteiger partial charge on any atom is -0.475 e. The highest BCUT2D eigenvalue weighted by Gasteiger charge is 2.42. The van der Waals surface area contributed by atoms with E-state index in [-0.39, 0.29) is 5.91 Å². The summed E-state index contributed by atoms with van der Waals surface area (Å²) in [5.74, 6) is 0.984. The summed E-state index contributed by atoms with van der Waals surface area (Å²) in [6.45, 7) is 7.72. The van der Waals surface area contributed by atoms with Crippen molar-refractivity contribution < 1.29 is 19.0 Å². The van der Waals surface area contributed by atoms with E-state index in [9.17, 15) is 4.79 Å². The zero-order valence-corrected chi connectivity index (χ0v) is 16.5. The molecule has 1 fully saturated rings. The Morgan fingerprint density at radius 3 is 2.85 bits per heavy atom. The first kappa shape index (κ1) is 20.6. The van der Waals surface area contributed by atoms with Gasteiger partial charge in [0.05, 0.1) is 18.5 Å². The largest absolute Gasteiger partial charge is 0.475 e. The summed E-state index contributed by atoms with van der Waals surface area (Å²) < 4.78 is 16.6. The molecule has 6 nitrogen and oxygen atoms in total. The summed E-state index contributed by atoms with van der Waals surface area (Å²) in [4.78, 5) is 17.4. The second-order valence-electron chi connectivity index (χ2n) is 7.19. The third kappa shape index (κ3) is 5.42. The van der Waals surface area contributed by atoms with Crippen LogP contribution in [0, 0.1) is 12.8 Å². The van der Waals surface area contributed by atoms with Crippen molar-refractivity contribution in [2.45, 2.75) is 58.5 Å². The third-order valence-corrected chi connectivity index (χ3v) is 4.77. The molecule has 1 aliphatic carbocycles. The van der Waals surface area contributed by atoms with Crippen LogP contribution in [0.15, 0.2) is 12.3 Å². The van der Waals surface area contributed by atoms with Gasteiger partial charge >= 0.3 is 0 Å². The monoisotopic (exact) mass is 364 g/mol. The van der Waals surface area contributed by atoms with Gasteiger partial charge in [-0.05, 0) is 44.6 Å². The number of aromatic nitrogens is 1. The van der Waals surface area contributed by atoms with Crippen LogP contribution in [0.2, 0.25) is 0 Å². The summed E-state index contributed by atoms with van der Waals surface area (Å²) in [5.41, 5.74) is 0.818. The fraction of sp³-hybridized carbons (Fsp3) is 0.700. The van der Waals surface area contributed by atoms with Crippen molar-refractivity contribution in [3.05, 3.63) is 17.8 Å². The molecule has 0 aliphatic heterocycles. The topological polar surface area (TPSA) is 69.7 Å². The predicted molar refractivity (Wildman–Crippen MR) is 102 cm³/mol. The first-order chi connectivity index (χ1) is 12.5. The van der Waals surface area contributed by atoms with E-state index in [1.807, 2.05) is 13.0 Å². The van der Waals surface area contributed by atoms with Crippen LogP contribution in [0.3, 0.4) is 0 Å². The van der Waals surface area contributed by atoms with Gasteiger partial charge < -0.3 is 19.5 Å². The molecule has 2 rings (SSSR count). The zero-order chi connectivity index (χ0) is 19.0.